The van der Waals surface area contributed by atoms with Gasteiger partial charge in [-0.15, -0.1) is 10.2 Å². The SMILES string of the molecule is Cc1noc(C)c1S(=O)(=O)N1CCN(C(=O)CSc2nnc(C(C)C)n2C2CC2)CC1. The minimum absolute atomic E-state index is 0.0177. The Hall–Kier alpha value is -1.92. The number of aryl methyl sites for hydroxylation is 2. The number of hydrogen-bond donors (Lipinski definition) is 0. The third kappa shape index (κ3) is 4.37. The van der Waals surface area contributed by atoms with Crippen LogP contribution in [0.5, 0.6) is 0 Å². The second kappa shape index (κ2) is 8.55. The van der Waals surface area contributed by atoms with E-state index in [0.29, 0.717) is 24.8 Å². The van der Waals surface area contributed by atoms with Crippen LogP contribution in [0.2, 0.25) is 0 Å². The Bertz CT molecular complexity index is 1050. The minimum atomic E-state index is -3.69. The summed E-state index contributed by atoms with van der Waals surface area (Å²) in [6, 6.07) is 0.447. The molecule has 3 heterocycles. The maximum absolute atomic E-state index is 12.9. The zero-order chi connectivity index (χ0) is 22.3. The predicted molar refractivity (Wildman–Crippen MR) is 114 cm³/mol. The number of aromatic nitrogens is 4. The summed E-state index contributed by atoms with van der Waals surface area (Å²) in [5.41, 5.74) is 0.355. The van der Waals surface area contributed by atoms with Crippen molar-refractivity contribution in [3.05, 3.63) is 17.3 Å². The van der Waals surface area contributed by atoms with Gasteiger partial charge in [0.1, 0.15) is 16.4 Å². The maximum atomic E-state index is 12.9. The van der Waals surface area contributed by atoms with E-state index in [4.69, 9.17) is 4.52 Å². The van der Waals surface area contributed by atoms with E-state index < -0.39 is 10.0 Å². The van der Waals surface area contributed by atoms with Gasteiger partial charge in [-0.1, -0.05) is 30.8 Å². The first-order valence-electron chi connectivity index (χ1n) is 10.5. The standard InChI is InChI=1S/C19H28N6O4S2/c1-12(2)18-20-21-19(25(18)15-5-6-15)30-11-16(26)23-7-9-24(10-8-23)31(27,28)17-13(3)22-29-14(17)4/h12,15H,5-11H2,1-4H3. The van der Waals surface area contributed by atoms with Crippen molar-refractivity contribution in [1.29, 1.82) is 0 Å². The number of piperazine rings is 1. The number of hydrogen-bond acceptors (Lipinski definition) is 8. The molecule has 2 fully saturated rings. The van der Waals surface area contributed by atoms with Crippen molar-refractivity contribution < 1.29 is 17.7 Å². The number of nitrogens with zero attached hydrogens (tertiary/aromatic N) is 6. The van der Waals surface area contributed by atoms with Crippen LogP contribution in [0.25, 0.3) is 0 Å². The summed E-state index contributed by atoms with van der Waals surface area (Å²) >= 11 is 1.41. The molecular weight excluding hydrogens is 440 g/mol. The average molecular weight is 469 g/mol. The molecule has 0 N–H and O–H groups in total. The van der Waals surface area contributed by atoms with Crippen LogP contribution in [-0.4, -0.2) is 75.4 Å². The molecule has 1 saturated carbocycles. The Morgan fingerprint density at radius 1 is 1.16 bits per heavy atom. The number of rotatable bonds is 7. The molecule has 2 aliphatic rings. The number of thioether (sulfide) groups is 1. The van der Waals surface area contributed by atoms with E-state index in [1.54, 1.807) is 18.7 Å². The predicted octanol–water partition coefficient (Wildman–Crippen LogP) is 1.97. The fraction of sp³-hybridized carbons (Fsp3) is 0.684. The number of carbonyl (C=O) groups is 1. The van der Waals surface area contributed by atoms with Crippen LogP contribution in [0.1, 0.15) is 55.9 Å². The van der Waals surface area contributed by atoms with Crippen LogP contribution in [0.4, 0.5) is 0 Å². The first-order chi connectivity index (χ1) is 14.7. The highest BCUT2D eigenvalue weighted by atomic mass is 32.2. The Morgan fingerprint density at radius 3 is 2.39 bits per heavy atom. The Labute approximate surface area is 186 Å². The molecule has 1 aliphatic carbocycles. The van der Waals surface area contributed by atoms with Gasteiger partial charge in [0.25, 0.3) is 0 Å². The summed E-state index contributed by atoms with van der Waals surface area (Å²) in [7, 11) is -3.69. The van der Waals surface area contributed by atoms with Crippen molar-refractivity contribution in [2.75, 3.05) is 31.9 Å². The highest BCUT2D eigenvalue weighted by molar-refractivity contribution is 7.99. The highest BCUT2D eigenvalue weighted by Gasteiger charge is 2.35. The van der Waals surface area contributed by atoms with E-state index in [2.05, 4.69) is 33.8 Å². The molecule has 0 aromatic carbocycles. The molecule has 0 bridgehead atoms. The Kier molecular flexibility index (Phi) is 6.14. The first kappa shape index (κ1) is 22.3. The summed E-state index contributed by atoms with van der Waals surface area (Å²) in [5, 5.41) is 13.2. The molecule has 1 saturated heterocycles. The lowest BCUT2D eigenvalue weighted by atomic mass is 10.2. The molecule has 0 unspecified atom stereocenters. The van der Waals surface area contributed by atoms with E-state index in [1.165, 1.54) is 16.1 Å². The van der Waals surface area contributed by atoms with Crippen molar-refractivity contribution in [3.63, 3.8) is 0 Å². The highest BCUT2D eigenvalue weighted by Crippen LogP contribution is 2.40. The Balaban J connectivity index is 1.35. The molecule has 12 heteroatoms. The normalized spacial score (nSPS) is 18.2. The van der Waals surface area contributed by atoms with Crippen molar-refractivity contribution >= 4 is 27.7 Å². The number of carbonyl (C=O) groups excluding carboxylic acids is 1. The zero-order valence-electron chi connectivity index (χ0n) is 18.2. The van der Waals surface area contributed by atoms with E-state index in [1.807, 2.05) is 0 Å². The van der Waals surface area contributed by atoms with E-state index in [9.17, 15) is 13.2 Å². The molecule has 1 aliphatic heterocycles. The zero-order valence-corrected chi connectivity index (χ0v) is 19.9. The fourth-order valence-electron chi connectivity index (χ4n) is 3.82. The molecule has 0 atom stereocenters. The van der Waals surface area contributed by atoms with E-state index in [0.717, 1.165) is 23.8 Å². The molecule has 10 nitrogen and oxygen atoms in total. The maximum Gasteiger partial charge on any atom is 0.248 e. The molecule has 170 valence electrons. The minimum Gasteiger partial charge on any atom is -0.360 e. The lowest BCUT2D eigenvalue weighted by molar-refractivity contribution is -0.129. The van der Waals surface area contributed by atoms with Crippen molar-refractivity contribution in [2.24, 2.45) is 0 Å². The lowest BCUT2D eigenvalue weighted by Crippen LogP contribution is -2.51. The van der Waals surface area contributed by atoms with Gasteiger partial charge in [-0.3, -0.25) is 4.79 Å². The molecule has 4 rings (SSSR count). The lowest BCUT2D eigenvalue weighted by Gasteiger charge is -2.33. The van der Waals surface area contributed by atoms with Gasteiger partial charge in [0, 0.05) is 38.1 Å². The van der Waals surface area contributed by atoms with Crippen LogP contribution in [0.3, 0.4) is 0 Å². The van der Waals surface area contributed by atoms with Crippen LogP contribution < -0.4 is 0 Å². The van der Waals surface area contributed by atoms with Crippen molar-refractivity contribution in [3.8, 4) is 0 Å². The second-order valence-corrected chi connectivity index (χ2v) is 11.1. The summed E-state index contributed by atoms with van der Waals surface area (Å²) in [6.45, 7) is 8.61. The fourth-order valence-corrected chi connectivity index (χ4v) is 6.45. The monoisotopic (exact) mass is 468 g/mol. The molecule has 2 aromatic rings. The smallest absolute Gasteiger partial charge is 0.248 e. The van der Waals surface area contributed by atoms with Crippen molar-refractivity contribution in [1.82, 2.24) is 29.1 Å². The van der Waals surface area contributed by atoms with Gasteiger partial charge in [-0.25, -0.2) is 8.42 Å². The summed E-state index contributed by atoms with van der Waals surface area (Å²) < 4.78 is 34.5. The molecule has 31 heavy (non-hydrogen) atoms. The van der Waals surface area contributed by atoms with Gasteiger partial charge in [0.2, 0.25) is 15.9 Å². The van der Waals surface area contributed by atoms with E-state index in [-0.39, 0.29) is 41.3 Å². The van der Waals surface area contributed by atoms with Gasteiger partial charge in [0.05, 0.1) is 5.75 Å². The summed E-state index contributed by atoms with van der Waals surface area (Å²) in [5.74, 6) is 1.78. The van der Waals surface area contributed by atoms with Gasteiger partial charge < -0.3 is 14.0 Å². The topological polar surface area (TPSA) is 114 Å². The third-order valence-electron chi connectivity index (χ3n) is 5.60. The van der Waals surface area contributed by atoms with E-state index >= 15 is 0 Å². The molecule has 0 spiro atoms. The second-order valence-electron chi connectivity index (χ2n) is 8.32. The summed E-state index contributed by atoms with van der Waals surface area (Å²) in [6.07, 6.45) is 2.25. The van der Waals surface area contributed by atoms with Gasteiger partial charge >= 0.3 is 0 Å². The van der Waals surface area contributed by atoms with Crippen LogP contribution in [0, 0.1) is 13.8 Å². The van der Waals surface area contributed by atoms with Crippen molar-refractivity contribution in [2.45, 2.75) is 62.5 Å². The van der Waals surface area contributed by atoms with Crippen LogP contribution in [-0.2, 0) is 14.8 Å². The quantitative estimate of drug-likeness (QED) is 0.567. The molecule has 2 aromatic heterocycles. The van der Waals surface area contributed by atoms with Gasteiger partial charge in [0.15, 0.2) is 10.9 Å². The molecular formula is C19H28N6O4S2. The van der Waals surface area contributed by atoms with Gasteiger partial charge in [-0.2, -0.15) is 4.31 Å². The third-order valence-corrected chi connectivity index (χ3v) is 8.67. The number of amides is 1. The molecule has 1 amide bonds. The molecule has 0 radical (unpaired) electrons. The summed E-state index contributed by atoms with van der Waals surface area (Å²) in [4.78, 5) is 14.6. The first-order valence-corrected chi connectivity index (χ1v) is 12.9. The largest absolute Gasteiger partial charge is 0.360 e. The van der Waals surface area contributed by atoms with Crippen LogP contribution >= 0.6 is 11.8 Å². The Morgan fingerprint density at radius 2 is 1.84 bits per heavy atom. The van der Waals surface area contributed by atoms with Crippen LogP contribution in [0.15, 0.2) is 14.6 Å². The number of sulfonamides is 1. The average Bonchev–Trinajstić information content (AvgIpc) is 3.38. The van der Waals surface area contributed by atoms with Gasteiger partial charge in [-0.05, 0) is 26.7 Å².